The molecule has 0 unspecified atom stereocenters. The smallest absolute Gasteiger partial charge is 0.258 e. The number of nitrogens with zero attached hydrogens (tertiary/aromatic N) is 4. The van der Waals surface area contributed by atoms with Crippen LogP contribution in [0.2, 0.25) is 0 Å². The number of non-ortho nitro benzene ring substituents is 1. The summed E-state index contributed by atoms with van der Waals surface area (Å²) in [4.78, 5) is 12.5. The molecule has 10 heteroatoms. The zero-order valence-electron chi connectivity index (χ0n) is 14.2. The molecular formula is C17H15N5O4S. The number of benzene rings is 2. The van der Waals surface area contributed by atoms with Crippen LogP contribution in [0.25, 0.3) is 5.69 Å². The predicted molar refractivity (Wildman–Crippen MR) is 99.3 cm³/mol. The van der Waals surface area contributed by atoms with Gasteiger partial charge in [0.25, 0.3) is 15.7 Å². The quantitative estimate of drug-likeness (QED) is 0.397. The number of nitro groups is 1. The van der Waals surface area contributed by atoms with E-state index in [9.17, 15) is 18.5 Å². The third-order valence-electron chi connectivity index (χ3n) is 3.69. The van der Waals surface area contributed by atoms with Crippen molar-refractivity contribution in [3.8, 4) is 5.69 Å². The summed E-state index contributed by atoms with van der Waals surface area (Å²) in [6.07, 6.45) is 3.00. The minimum Gasteiger partial charge on any atom is -0.258 e. The Morgan fingerprint density at radius 2 is 1.81 bits per heavy atom. The van der Waals surface area contributed by atoms with E-state index in [1.54, 1.807) is 43.5 Å². The Balaban J connectivity index is 1.77. The zero-order chi connectivity index (χ0) is 19.4. The van der Waals surface area contributed by atoms with Crippen LogP contribution in [0, 0.1) is 17.0 Å². The van der Waals surface area contributed by atoms with E-state index >= 15 is 0 Å². The first-order valence-electron chi connectivity index (χ1n) is 7.78. The van der Waals surface area contributed by atoms with Gasteiger partial charge in [-0.3, -0.25) is 10.1 Å². The highest BCUT2D eigenvalue weighted by Gasteiger charge is 2.12. The average molecular weight is 385 g/mol. The van der Waals surface area contributed by atoms with Crippen molar-refractivity contribution in [1.82, 2.24) is 14.6 Å². The Hall–Kier alpha value is -3.53. The van der Waals surface area contributed by atoms with Crippen LogP contribution in [0.15, 0.2) is 70.8 Å². The van der Waals surface area contributed by atoms with E-state index in [2.05, 4.69) is 15.0 Å². The van der Waals surface area contributed by atoms with Crippen molar-refractivity contribution in [3.05, 3.63) is 82.2 Å². The molecule has 0 aliphatic rings. The van der Waals surface area contributed by atoms with Crippen LogP contribution in [0.5, 0.6) is 0 Å². The first-order valence-corrected chi connectivity index (χ1v) is 9.26. The Morgan fingerprint density at radius 1 is 1.15 bits per heavy atom. The highest BCUT2D eigenvalue weighted by Crippen LogP contribution is 2.16. The molecule has 1 aromatic heterocycles. The zero-order valence-corrected chi connectivity index (χ0v) is 15.0. The fraction of sp³-hybridized carbons (Fsp3) is 0.0588. The normalized spacial score (nSPS) is 11.6. The van der Waals surface area contributed by atoms with Crippen LogP contribution in [0.3, 0.4) is 0 Å². The van der Waals surface area contributed by atoms with Crippen molar-refractivity contribution in [3.63, 3.8) is 0 Å². The number of hydrogen-bond donors (Lipinski definition) is 1. The Kier molecular flexibility index (Phi) is 4.99. The molecule has 9 nitrogen and oxygen atoms in total. The molecule has 0 spiro atoms. The second-order valence-corrected chi connectivity index (χ2v) is 7.21. The molecule has 27 heavy (non-hydrogen) atoms. The lowest BCUT2D eigenvalue weighted by Gasteiger charge is -2.02. The number of aryl methyl sites for hydroxylation is 1. The lowest BCUT2D eigenvalue weighted by atomic mass is 10.3. The lowest BCUT2D eigenvalue weighted by molar-refractivity contribution is -0.384. The topological polar surface area (TPSA) is 119 Å². The highest BCUT2D eigenvalue weighted by molar-refractivity contribution is 7.89. The number of sulfonamides is 1. The summed E-state index contributed by atoms with van der Waals surface area (Å²) in [5, 5.41) is 18.8. The van der Waals surface area contributed by atoms with Gasteiger partial charge >= 0.3 is 0 Å². The lowest BCUT2D eigenvalue weighted by Crippen LogP contribution is -2.18. The summed E-state index contributed by atoms with van der Waals surface area (Å²) in [7, 11) is -3.74. The van der Waals surface area contributed by atoms with Crippen molar-refractivity contribution in [1.29, 1.82) is 0 Å². The Labute approximate surface area is 155 Å². The number of rotatable bonds is 6. The fourth-order valence-corrected chi connectivity index (χ4v) is 3.09. The van der Waals surface area contributed by atoms with Crippen LogP contribution < -0.4 is 4.83 Å². The summed E-state index contributed by atoms with van der Waals surface area (Å²) in [5.74, 6) is 0. The molecule has 0 radical (unpaired) electrons. The number of hydrazone groups is 1. The van der Waals surface area contributed by atoms with Gasteiger partial charge in [0, 0.05) is 23.9 Å². The molecule has 0 fully saturated rings. The van der Waals surface area contributed by atoms with E-state index in [1.165, 1.54) is 35.2 Å². The molecule has 0 saturated heterocycles. The maximum atomic E-state index is 12.1. The molecule has 0 aliphatic carbocycles. The van der Waals surface area contributed by atoms with Gasteiger partial charge in [-0.2, -0.15) is 18.6 Å². The van der Waals surface area contributed by atoms with Gasteiger partial charge in [-0.05, 0) is 31.2 Å². The van der Waals surface area contributed by atoms with Crippen LogP contribution >= 0.6 is 0 Å². The molecule has 0 bridgehead atoms. The minimum atomic E-state index is -3.74. The molecule has 1 N–H and O–H groups in total. The minimum absolute atomic E-state index is 0.0141. The van der Waals surface area contributed by atoms with Gasteiger partial charge in [-0.1, -0.05) is 18.2 Å². The Bertz CT molecular complexity index is 1090. The first-order chi connectivity index (χ1) is 12.9. The van der Waals surface area contributed by atoms with Gasteiger partial charge in [0.15, 0.2) is 0 Å². The van der Waals surface area contributed by atoms with Gasteiger partial charge in [-0.25, -0.2) is 9.51 Å². The van der Waals surface area contributed by atoms with Gasteiger partial charge in [-0.15, -0.1) is 0 Å². The van der Waals surface area contributed by atoms with Gasteiger partial charge in [0.05, 0.1) is 27.4 Å². The third kappa shape index (κ3) is 4.18. The summed E-state index contributed by atoms with van der Waals surface area (Å²) in [5.41, 5.74) is 1.84. The predicted octanol–water partition coefficient (Wildman–Crippen LogP) is 2.40. The van der Waals surface area contributed by atoms with Crippen molar-refractivity contribution in [2.75, 3.05) is 0 Å². The van der Waals surface area contributed by atoms with Crippen LogP contribution in [0.1, 0.15) is 11.3 Å². The van der Waals surface area contributed by atoms with Crippen LogP contribution in [0.4, 0.5) is 5.69 Å². The molecule has 1 heterocycles. The SMILES string of the molecule is Cc1nn(-c2ccc([N+](=O)[O-])cc2)cc1/C=N\NS(=O)(=O)c1ccccc1. The largest absolute Gasteiger partial charge is 0.276 e. The molecule has 3 aromatic rings. The van der Waals surface area contributed by atoms with E-state index in [0.717, 1.165) is 0 Å². The summed E-state index contributed by atoms with van der Waals surface area (Å²) in [6.45, 7) is 1.74. The molecule has 0 aliphatic heterocycles. The summed E-state index contributed by atoms with van der Waals surface area (Å²) < 4.78 is 25.8. The van der Waals surface area contributed by atoms with E-state index < -0.39 is 14.9 Å². The molecule has 2 aromatic carbocycles. The maximum Gasteiger partial charge on any atom is 0.276 e. The van der Waals surface area contributed by atoms with Crippen LogP contribution in [-0.2, 0) is 10.0 Å². The highest BCUT2D eigenvalue weighted by atomic mass is 32.2. The van der Waals surface area contributed by atoms with E-state index in [4.69, 9.17) is 0 Å². The molecule has 0 atom stereocenters. The summed E-state index contributed by atoms with van der Waals surface area (Å²) in [6, 6.07) is 13.8. The summed E-state index contributed by atoms with van der Waals surface area (Å²) >= 11 is 0. The standard InChI is InChI=1S/C17H15N5O4S/c1-13-14(11-18-20-27(25,26)17-5-3-2-4-6-17)12-21(19-13)15-7-9-16(10-8-15)22(23)24/h2-12,20H,1H3/b18-11-. The number of aromatic nitrogens is 2. The second kappa shape index (κ2) is 7.38. The molecule has 0 amide bonds. The first kappa shape index (κ1) is 18.3. The van der Waals surface area contributed by atoms with Gasteiger partial charge < -0.3 is 0 Å². The van der Waals surface area contributed by atoms with Crippen molar-refractivity contribution in [2.24, 2.45) is 5.10 Å². The van der Waals surface area contributed by atoms with Crippen LogP contribution in [-0.4, -0.2) is 29.3 Å². The number of nitro benzene ring substituents is 1. The molecule has 138 valence electrons. The third-order valence-corrected chi connectivity index (χ3v) is 4.93. The second-order valence-electron chi connectivity index (χ2n) is 5.55. The number of hydrogen-bond acceptors (Lipinski definition) is 6. The van der Waals surface area contributed by atoms with Crippen molar-refractivity contribution >= 4 is 21.9 Å². The van der Waals surface area contributed by atoms with E-state index in [-0.39, 0.29) is 10.6 Å². The van der Waals surface area contributed by atoms with Gasteiger partial charge in [0.1, 0.15) is 0 Å². The monoisotopic (exact) mass is 385 g/mol. The Morgan fingerprint density at radius 3 is 2.44 bits per heavy atom. The maximum absolute atomic E-state index is 12.1. The van der Waals surface area contributed by atoms with Gasteiger partial charge in [0.2, 0.25) is 0 Å². The van der Waals surface area contributed by atoms with E-state index in [0.29, 0.717) is 16.9 Å². The average Bonchev–Trinajstić information content (AvgIpc) is 3.03. The number of nitrogens with one attached hydrogen (secondary N) is 1. The molecule has 3 rings (SSSR count). The fourth-order valence-electron chi connectivity index (χ4n) is 2.28. The molecular weight excluding hydrogens is 370 g/mol. The van der Waals surface area contributed by atoms with Crippen molar-refractivity contribution in [2.45, 2.75) is 11.8 Å². The molecule has 0 saturated carbocycles. The van der Waals surface area contributed by atoms with Crippen molar-refractivity contribution < 1.29 is 13.3 Å². The van der Waals surface area contributed by atoms with E-state index in [1.807, 2.05) is 0 Å².